The van der Waals surface area contributed by atoms with Gasteiger partial charge in [-0.3, -0.25) is 9.59 Å². The Bertz CT molecular complexity index is 1060. The Hall–Kier alpha value is -3.93. The molecule has 2 atom stereocenters. The van der Waals surface area contributed by atoms with E-state index in [-0.39, 0.29) is 18.9 Å². The van der Waals surface area contributed by atoms with Crippen molar-refractivity contribution in [2.45, 2.75) is 24.3 Å². The van der Waals surface area contributed by atoms with Crippen LogP contribution in [-0.4, -0.2) is 42.6 Å². The van der Waals surface area contributed by atoms with Crippen molar-refractivity contribution >= 4 is 18.0 Å². The van der Waals surface area contributed by atoms with Crippen molar-refractivity contribution in [2.75, 3.05) is 13.7 Å². The molecule has 0 N–H and O–H groups in total. The predicted molar refractivity (Wildman–Crippen MR) is 123 cm³/mol. The van der Waals surface area contributed by atoms with Crippen LogP contribution < -0.4 is 0 Å². The summed E-state index contributed by atoms with van der Waals surface area (Å²) >= 11 is 0. The zero-order chi connectivity index (χ0) is 23.2. The van der Waals surface area contributed by atoms with Gasteiger partial charge >= 0.3 is 12.1 Å². The van der Waals surface area contributed by atoms with Crippen molar-refractivity contribution in [3.05, 3.63) is 108 Å². The fraction of sp³-hybridized carbons (Fsp3) is 0.222. The summed E-state index contributed by atoms with van der Waals surface area (Å²) in [5.41, 5.74) is 2.60. The highest BCUT2D eigenvalue weighted by atomic mass is 16.6. The van der Waals surface area contributed by atoms with Crippen molar-refractivity contribution in [1.29, 1.82) is 0 Å². The second-order valence-corrected chi connectivity index (χ2v) is 7.90. The fourth-order valence-electron chi connectivity index (χ4n) is 4.36. The highest BCUT2D eigenvalue weighted by Gasteiger charge is 2.44. The molecular formula is C27H25NO5. The van der Waals surface area contributed by atoms with E-state index in [1.165, 1.54) is 12.0 Å². The molecule has 3 aromatic carbocycles. The third-order valence-corrected chi connectivity index (χ3v) is 5.94. The maximum Gasteiger partial charge on any atom is 0.417 e. The first kappa shape index (κ1) is 22.3. The normalized spacial score (nSPS) is 16.4. The fourth-order valence-corrected chi connectivity index (χ4v) is 4.36. The summed E-state index contributed by atoms with van der Waals surface area (Å²) in [5, 5.41) is 0. The number of rotatable bonds is 7. The van der Waals surface area contributed by atoms with Gasteiger partial charge in [0.05, 0.1) is 19.1 Å². The minimum absolute atomic E-state index is 0.0766. The molecule has 6 heteroatoms. The topological polar surface area (TPSA) is 72.9 Å². The van der Waals surface area contributed by atoms with Crippen LogP contribution in [0.4, 0.5) is 4.79 Å². The van der Waals surface area contributed by atoms with Crippen molar-refractivity contribution in [3.63, 3.8) is 0 Å². The molecule has 1 aliphatic heterocycles. The Morgan fingerprint density at radius 1 is 0.879 bits per heavy atom. The van der Waals surface area contributed by atoms with Gasteiger partial charge in [0.25, 0.3) is 0 Å². The van der Waals surface area contributed by atoms with Gasteiger partial charge in [0.15, 0.2) is 0 Å². The molecule has 1 aliphatic rings. The Morgan fingerprint density at radius 3 is 1.85 bits per heavy atom. The predicted octanol–water partition coefficient (Wildman–Crippen LogP) is 4.51. The number of hydrogen-bond acceptors (Lipinski definition) is 5. The van der Waals surface area contributed by atoms with E-state index in [4.69, 9.17) is 9.47 Å². The Kier molecular flexibility index (Phi) is 6.83. The summed E-state index contributed by atoms with van der Waals surface area (Å²) in [7, 11) is 1.29. The molecule has 0 saturated carbocycles. The second-order valence-electron chi connectivity index (χ2n) is 7.90. The average molecular weight is 443 g/mol. The number of carbonyl (C=O) groups is 3. The SMILES string of the molecule is COC(=O)C(CC(=O)N1C(=O)OC[C@H]1C(c1ccccc1)c1ccccc1)c1ccccc1. The second kappa shape index (κ2) is 10.1. The first-order valence-electron chi connectivity index (χ1n) is 10.8. The molecule has 0 aromatic heterocycles. The molecule has 0 spiro atoms. The smallest absolute Gasteiger partial charge is 0.417 e. The van der Waals surface area contributed by atoms with Gasteiger partial charge in [-0.15, -0.1) is 0 Å². The van der Waals surface area contributed by atoms with E-state index in [9.17, 15) is 14.4 Å². The van der Waals surface area contributed by atoms with Gasteiger partial charge in [0, 0.05) is 12.3 Å². The highest BCUT2D eigenvalue weighted by molar-refractivity contribution is 5.96. The summed E-state index contributed by atoms with van der Waals surface area (Å²) in [4.78, 5) is 39.8. The van der Waals surface area contributed by atoms with Crippen LogP contribution in [0, 0.1) is 0 Å². The van der Waals surface area contributed by atoms with Gasteiger partial charge in [0.2, 0.25) is 5.91 Å². The van der Waals surface area contributed by atoms with E-state index in [0.717, 1.165) is 11.1 Å². The van der Waals surface area contributed by atoms with E-state index in [2.05, 4.69) is 0 Å². The molecule has 0 aliphatic carbocycles. The van der Waals surface area contributed by atoms with Crippen molar-refractivity contribution in [1.82, 2.24) is 4.90 Å². The summed E-state index contributed by atoms with van der Waals surface area (Å²) in [5.74, 6) is -2.08. The molecule has 1 saturated heterocycles. The van der Waals surface area contributed by atoms with Crippen LogP contribution in [-0.2, 0) is 19.1 Å². The molecule has 0 radical (unpaired) electrons. The van der Waals surface area contributed by atoms with Gasteiger partial charge < -0.3 is 9.47 Å². The molecule has 0 bridgehead atoms. The van der Waals surface area contributed by atoms with Crippen molar-refractivity contribution < 1.29 is 23.9 Å². The van der Waals surface area contributed by atoms with Crippen LogP contribution in [0.2, 0.25) is 0 Å². The maximum absolute atomic E-state index is 13.5. The first-order valence-corrected chi connectivity index (χ1v) is 10.8. The Labute approximate surface area is 192 Å². The third-order valence-electron chi connectivity index (χ3n) is 5.94. The quantitative estimate of drug-likeness (QED) is 0.502. The number of cyclic esters (lactones) is 1. The van der Waals surface area contributed by atoms with E-state index < -0.39 is 29.9 Å². The number of hydrogen-bond donors (Lipinski definition) is 0. The Morgan fingerprint density at radius 2 is 1.36 bits per heavy atom. The molecule has 2 amide bonds. The number of esters is 1. The van der Waals surface area contributed by atoms with Crippen LogP contribution in [0.1, 0.15) is 34.9 Å². The first-order chi connectivity index (χ1) is 16.1. The van der Waals surface area contributed by atoms with Crippen LogP contribution in [0.3, 0.4) is 0 Å². The molecule has 33 heavy (non-hydrogen) atoms. The highest BCUT2D eigenvalue weighted by Crippen LogP contribution is 2.35. The van der Waals surface area contributed by atoms with Crippen LogP contribution >= 0.6 is 0 Å². The molecular weight excluding hydrogens is 418 g/mol. The lowest BCUT2D eigenvalue weighted by atomic mass is 9.84. The van der Waals surface area contributed by atoms with Crippen LogP contribution in [0.15, 0.2) is 91.0 Å². The Balaban J connectivity index is 1.67. The molecule has 4 rings (SSSR count). The number of imide groups is 1. The van der Waals surface area contributed by atoms with Crippen LogP contribution in [0.5, 0.6) is 0 Å². The average Bonchev–Trinajstić information content (AvgIpc) is 3.25. The monoisotopic (exact) mass is 443 g/mol. The van der Waals surface area contributed by atoms with Crippen LogP contribution in [0.25, 0.3) is 0 Å². The van der Waals surface area contributed by atoms with Gasteiger partial charge in [-0.2, -0.15) is 0 Å². The number of benzene rings is 3. The standard InChI is InChI=1S/C27H25NO5/c1-32-26(30)22(19-11-5-2-6-12-19)17-24(29)28-23(18-33-27(28)31)25(20-13-7-3-8-14-20)21-15-9-4-10-16-21/h2-16,22-23,25H,17-18H2,1H3/t22?,23-/m0/s1. The van der Waals surface area contributed by atoms with E-state index in [1.54, 1.807) is 24.3 Å². The van der Waals surface area contributed by atoms with Gasteiger partial charge in [0.1, 0.15) is 6.61 Å². The lowest BCUT2D eigenvalue weighted by Gasteiger charge is -2.29. The lowest BCUT2D eigenvalue weighted by molar-refractivity contribution is -0.145. The molecule has 3 aromatic rings. The molecule has 6 nitrogen and oxygen atoms in total. The minimum Gasteiger partial charge on any atom is -0.469 e. The van der Waals surface area contributed by atoms with Gasteiger partial charge in [-0.1, -0.05) is 91.0 Å². The molecule has 168 valence electrons. The summed E-state index contributed by atoms with van der Waals surface area (Å²) in [6.07, 6.45) is -0.892. The third kappa shape index (κ3) is 4.80. The molecule has 1 fully saturated rings. The zero-order valence-electron chi connectivity index (χ0n) is 18.3. The number of nitrogens with zero attached hydrogens (tertiary/aromatic N) is 1. The van der Waals surface area contributed by atoms with Gasteiger partial charge in [-0.25, -0.2) is 9.69 Å². The lowest BCUT2D eigenvalue weighted by Crippen LogP contribution is -2.43. The van der Waals surface area contributed by atoms with Gasteiger partial charge in [-0.05, 0) is 16.7 Å². The van der Waals surface area contributed by atoms with E-state index >= 15 is 0 Å². The summed E-state index contributed by atoms with van der Waals surface area (Å²) in [6.45, 7) is 0.0766. The molecule has 1 unspecified atom stereocenters. The summed E-state index contributed by atoms with van der Waals surface area (Å²) in [6, 6.07) is 27.9. The number of carbonyl (C=O) groups excluding carboxylic acids is 3. The molecule has 1 heterocycles. The van der Waals surface area contributed by atoms with Crippen molar-refractivity contribution in [2.24, 2.45) is 0 Å². The maximum atomic E-state index is 13.5. The number of ether oxygens (including phenoxy) is 2. The van der Waals surface area contributed by atoms with E-state index in [0.29, 0.717) is 5.56 Å². The van der Waals surface area contributed by atoms with Crippen molar-refractivity contribution in [3.8, 4) is 0 Å². The number of amides is 2. The minimum atomic E-state index is -0.815. The summed E-state index contributed by atoms with van der Waals surface area (Å²) < 4.78 is 10.3. The largest absolute Gasteiger partial charge is 0.469 e. The zero-order valence-corrected chi connectivity index (χ0v) is 18.3. The number of methoxy groups -OCH3 is 1. The van der Waals surface area contributed by atoms with E-state index in [1.807, 2.05) is 66.7 Å².